The van der Waals surface area contributed by atoms with E-state index in [1.54, 1.807) is 43.5 Å². The summed E-state index contributed by atoms with van der Waals surface area (Å²) in [6.45, 7) is 1.93. The number of rotatable bonds is 3. The van der Waals surface area contributed by atoms with Crippen LogP contribution in [0.5, 0.6) is 11.5 Å². The van der Waals surface area contributed by atoms with Gasteiger partial charge in [0.1, 0.15) is 11.5 Å². The maximum atomic E-state index is 11.9. The summed E-state index contributed by atoms with van der Waals surface area (Å²) in [6, 6.07) is 14.2. The summed E-state index contributed by atoms with van der Waals surface area (Å²) in [5.41, 5.74) is 1.57. The predicted octanol–water partition coefficient (Wildman–Crippen LogP) is 3.22. The van der Waals surface area contributed by atoms with E-state index in [2.05, 4.69) is 0 Å². The maximum absolute atomic E-state index is 11.9. The summed E-state index contributed by atoms with van der Waals surface area (Å²) in [7, 11) is 1.59. The van der Waals surface area contributed by atoms with Crippen LogP contribution in [0.3, 0.4) is 0 Å². The van der Waals surface area contributed by atoms with Gasteiger partial charge in [-0.15, -0.1) is 0 Å². The van der Waals surface area contributed by atoms with Crippen LogP contribution in [-0.4, -0.2) is 13.1 Å². The minimum Gasteiger partial charge on any atom is -0.497 e. The fraction of sp³-hybridized carbons (Fsp3) is 0.133. The molecule has 92 valence electrons. The van der Waals surface area contributed by atoms with Crippen LogP contribution in [0.2, 0.25) is 0 Å². The van der Waals surface area contributed by atoms with Gasteiger partial charge in [0.25, 0.3) is 0 Å². The lowest BCUT2D eigenvalue weighted by molar-refractivity contribution is 0.0734. The number of hydrogen-bond acceptors (Lipinski definition) is 3. The first-order valence-electron chi connectivity index (χ1n) is 5.62. The highest BCUT2D eigenvalue weighted by Crippen LogP contribution is 2.18. The highest BCUT2D eigenvalue weighted by molar-refractivity contribution is 5.91. The van der Waals surface area contributed by atoms with Gasteiger partial charge >= 0.3 is 5.97 Å². The molecule has 0 aliphatic heterocycles. The Hall–Kier alpha value is -2.29. The molecule has 0 saturated heterocycles. The average Bonchev–Trinajstić information content (AvgIpc) is 2.39. The lowest BCUT2D eigenvalue weighted by Crippen LogP contribution is -2.08. The van der Waals surface area contributed by atoms with Crippen LogP contribution < -0.4 is 9.47 Å². The zero-order valence-electron chi connectivity index (χ0n) is 10.3. The van der Waals surface area contributed by atoms with E-state index >= 15 is 0 Å². The van der Waals surface area contributed by atoms with Crippen LogP contribution in [-0.2, 0) is 0 Å². The Balaban J connectivity index is 2.11. The summed E-state index contributed by atoms with van der Waals surface area (Å²) < 4.78 is 10.3. The normalized spacial score (nSPS) is 9.89. The number of carbonyl (C=O) groups is 1. The molecule has 0 spiro atoms. The minimum absolute atomic E-state index is 0.358. The SMILES string of the molecule is COc1ccc(OC(=O)c2cccc(C)c2)cc1. The molecule has 0 fully saturated rings. The summed E-state index contributed by atoms with van der Waals surface area (Å²) in [6.07, 6.45) is 0. The van der Waals surface area contributed by atoms with E-state index in [0.717, 1.165) is 11.3 Å². The van der Waals surface area contributed by atoms with Gasteiger partial charge in [-0.25, -0.2) is 4.79 Å². The lowest BCUT2D eigenvalue weighted by Gasteiger charge is -2.05. The van der Waals surface area contributed by atoms with Crippen molar-refractivity contribution >= 4 is 5.97 Å². The summed E-state index contributed by atoms with van der Waals surface area (Å²) in [5, 5.41) is 0. The van der Waals surface area contributed by atoms with Crippen molar-refractivity contribution in [3.05, 3.63) is 59.7 Å². The summed E-state index contributed by atoms with van der Waals surface area (Å²) in [5.74, 6) is 0.872. The fourth-order valence-electron chi connectivity index (χ4n) is 1.58. The first-order valence-corrected chi connectivity index (χ1v) is 5.62. The molecule has 2 aromatic carbocycles. The molecule has 0 aromatic heterocycles. The third-order valence-electron chi connectivity index (χ3n) is 2.52. The molecule has 2 aromatic rings. The van der Waals surface area contributed by atoms with Gasteiger partial charge < -0.3 is 9.47 Å². The second kappa shape index (κ2) is 5.36. The van der Waals surface area contributed by atoms with Crippen molar-refractivity contribution < 1.29 is 14.3 Å². The largest absolute Gasteiger partial charge is 0.497 e. The highest BCUT2D eigenvalue weighted by atomic mass is 16.5. The number of hydrogen-bond donors (Lipinski definition) is 0. The molecule has 0 amide bonds. The minimum atomic E-state index is -0.358. The molecule has 3 heteroatoms. The summed E-state index contributed by atoms with van der Waals surface area (Å²) >= 11 is 0. The zero-order valence-corrected chi connectivity index (χ0v) is 10.3. The molecule has 0 radical (unpaired) electrons. The molecule has 0 atom stereocenters. The molecule has 0 aliphatic carbocycles. The topological polar surface area (TPSA) is 35.5 Å². The van der Waals surface area contributed by atoms with Crippen LogP contribution in [0.15, 0.2) is 48.5 Å². The Labute approximate surface area is 106 Å². The Morgan fingerprint density at radius 1 is 1.00 bits per heavy atom. The molecule has 0 N–H and O–H groups in total. The quantitative estimate of drug-likeness (QED) is 0.612. The fourth-order valence-corrected chi connectivity index (χ4v) is 1.58. The average molecular weight is 242 g/mol. The lowest BCUT2D eigenvalue weighted by atomic mass is 10.1. The van der Waals surface area contributed by atoms with Crippen molar-refractivity contribution in [1.82, 2.24) is 0 Å². The Bertz CT molecular complexity index is 544. The molecule has 18 heavy (non-hydrogen) atoms. The number of methoxy groups -OCH3 is 1. The van der Waals surface area contributed by atoms with Gasteiger partial charge in [0.2, 0.25) is 0 Å². The van der Waals surface area contributed by atoms with Gasteiger partial charge in [0, 0.05) is 0 Å². The van der Waals surface area contributed by atoms with Gasteiger partial charge in [-0.05, 0) is 43.3 Å². The number of benzene rings is 2. The Morgan fingerprint density at radius 2 is 1.67 bits per heavy atom. The van der Waals surface area contributed by atoms with E-state index in [0.29, 0.717) is 11.3 Å². The molecule has 0 unspecified atom stereocenters. The van der Waals surface area contributed by atoms with Crippen LogP contribution in [0, 0.1) is 6.92 Å². The van der Waals surface area contributed by atoms with Crippen LogP contribution in [0.4, 0.5) is 0 Å². The molecule has 0 bridgehead atoms. The number of ether oxygens (including phenoxy) is 2. The maximum Gasteiger partial charge on any atom is 0.343 e. The van der Waals surface area contributed by atoms with E-state index in [4.69, 9.17) is 9.47 Å². The van der Waals surface area contributed by atoms with Crippen LogP contribution >= 0.6 is 0 Å². The van der Waals surface area contributed by atoms with Gasteiger partial charge in [-0.1, -0.05) is 17.7 Å². The molecule has 0 saturated carbocycles. The van der Waals surface area contributed by atoms with Gasteiger partial charge in [-0.3, -0.25) is 0 Å². The van der Waals surface area contributed by atoms with E-state index in [1.807, 2.05) is 19.1 Å². The van der Waals surface area contributed by atoms with Gasteiger partial charge in [0.05, 0.1) is 12.7 Å². The second-order valence-corrected chi connectivity index (χ2v) is 3.93. The standard InChI is InChI=1S/C15H14O3/c1-11-4-3-5-12(10-11)15(16)18-14-8-6-13(17-2)7-9-14/h3-10H,1-2H3. The van der Waals surface area contributed by atoms with Crippen molar-refractivity contribution in [2.75, 3.05) is 7.11 Å². The third-order valence-corrected chi connectivity index (χ3v) is 2.52. The van der Waals surface area contributed by atoms with Crippen molar-refractivity contribution in [2.45, 2.75) is 6.92 Å². The zero-order chi connectivity index (χ0) is 13.0. The highest BCUT2D eigenvalue weighted by Gasteiger charge is 2.08. The number of carbonyl (C=O) groups excluding carboxylic acids is 1. The monoisotopic (exact) mass is 242 g/mol. The molecule has 2 rings (SSSR count). The smallest absolute Gasteiger partial charge is 0.343 e. The van der Waals surface area contributed by atoms with Crippen molar-refractivity contribution in [1.29, 1.82) is 0 Å². The van der Waals surface area contributed by atoms with Crippen molar-refractivity contribution in [3.63, 3.8) is 0 Å². The van der Waals surface area contributed by atoms with E-state index in [1.165, 1.54) is 0 Å². The Morgan fingerprint density at radius 3 is 2.28 bits per heavy atom. The van der Waals surface area contributed by atoms with Crippen LogP contribution in [0.1, 0.15) is 15.9 Å². The first kappa shape index (κ1) is 12.2. The predicted molar refractivity (Wildman–Crippen MR) is 69.1 cm³/mol. The van der Waals surface area contributed by atoms with Gasteiger partial charge in [0.15, 0.2) is 0 Å². The molecular formula is C15H14O3. The number of esters is 1. The third kappa shape index (κ3) is 2.88. The van der Waals surface area contributed by atoms with E-state index < -0.39 is 0 Å². The van der Waals surface area contributed by atoms with E-state index in [-0.39, 0.29) is 5.97 Å². The first-order chi connectivity index (χ1) is 8.69. The molecule has 0 heterocycles. The second-order valence-electron chi connectivity index (χ2n) is 3.93. The van der Waals surface area contributed by atoms with Crippen molar-refractivity contribution in [2.24, 2.45) is 0 Å². The van der Waals surface area contributed by atoms with Gasteiger partial charge in [-0.2, -0.15) is 0 Å². The van der Waals surface area contributed by atoms with Crippen molar-refractivity contribution in [3.8, 4) is 11.5 Å². The molecular weight excluding hydrogens is 228 g/mol. The number of aryl methyl sites for hydroxylation is 1. The molecule has 3 nitrogen and oxygen atoms in total. The van der Waals surface area contributed by atoms with E-state index in [9.17, 15) is 4.79 Å². The van der Waals surface area contributed by atoms with Crippen LogP contribution in [0.25, 0.3) is 0 Å². The Kier molecular flexibility index (Phi) is 3.63. The summed E-state index contributed by atoms with van der Waals surface area (Å²) in [4.78, 5) is 11.9. The molecule has 0 aliphatic rings.